The highest BCUT2D eigenvalue weighted by molar-refractivity contribution is 6.45. The molecule has 312 valence electrons. The molecule has 0 radical (unpaired) electrons. The van der Waals surface area contributed by atoms with Gasteiger partial charge >= 0.3 is 19.0 Å². The molecule has 0 spiro atoms. The number of guanidine groups is 1. The summed E-state index contributed by atoms with van der Waals surface area (Å²) in [7, 11) is -0.612. The zero-order valence-corrected chi connectivity index (χ0v) is 34.1. The fourth-order valence-electron chi connectivity index (χ4n) is 6.32. The first-order valence-electron chi connectivity index (χ1n) is 20.8. The van der Waals surface area contributed by atoms with Crippen molar-refractivity contribution in [1.82, 2.24) is 15.9 Å². The van der Waals surface area contributed by atoms with Crippen molar-refractivity contribution in [3.8, 4) is 0 Å². The quantitative estimate of drug-likeness (QED) is 0.0146. The number of unbranched alkanes of at least 4 members (excludes halogenated alkanes) is 16. The SMILES string of the molecule is CCCCCCCCCCCCCCCCCCNC(=O)[C@H](CCCCNB(C)O)NC(=O)CCOCC[N+](=C(N)N)c1cc(C(=O)O)ccc1NC(C)=O. The van der Waals surface area contributed by atoms with E-state index in [1.165, 1.54) is 113 Å². The van der Waals surface area contributed by atoms with E-state index < -0.39 is 19.1 Å². The molecule has 1 atom stereocenters. The molecule has 3 amide bonds. The van der Waals surface area contributed by atoms with Crippen molar-refractivity contribution in [2.24, 2.45) is 11.5 Å². The van der Waals surface area contributed by atoms with Crippen LogP contribution in [0.15, 0.2) is 18.2 Å². The maximum absolute atomic E-state index is 13.1. The molecular formula is C40H73BN7O7+. The van der Waals surface area contributed by atoms with Gasteiger partial charge in [-0.05, 0) is 57.3 Å². The van der Waals surface area contributed by atoms with E-state index >= 15 is 0 Å². The topological polar surface area (TPSA) is 221 Å². The lowest BCUT2D eigenvalue weighted by atomic mass is 9.89. The molecular weight excluding hydrogens is 701 g/mol. The highest BCUT2D eigenvalue weighted by Crippen LogP contribution is 2.26. The van der Waals surface area contributed by atoms with Crippen LogP contribution >= 0.6 is 0 Å². The van der Waals surface area contributed by atoms with E-state index in [1.807, 2.05) is 0 Å². The van der Waals surface area contributed by atoms with Crippen molar-refractivity contribution in [2.45, 2.75) is 155 Å². The van der Waals surface area contributed by atoms with Crippen molar-refractivity contribution in [3.05, 3.63) is 23.8 Å². The Bertz CT molecular complexity index is 1280. The van der Waals surface area contributed by atoms with Gasteiger partial charge in [-0.15, -0.1) is 0 Å². The number of hydrogen-bond donors (Lipinski definition) is 8. The fourth-order valence-corrected chi connectivity index (χ4v) is 6.32. The third kappa shape index (κ3) is 25.2. The Morgan fingerprint density at radius 1 is 0.818 bits per heavy atom. The Hall–Kier alpha value is -3.69. The highest BCUT2D eigenvalue weighted by Gasteiger charge is 2.21. The third-order valence-corrected chi connectivity index (χ3v) is 9.43. The summed E-state index contributed by atoms with van der Waals surface area (Å²) in [5.74, 6) is -2.18. The van der Waals surface area contributed by atoms with Crippen LogP contribution in [0.5, 0.6) is 0 Å². The van der Waals surface area contributed by atoms with Crippen LogP contribution in [0.1, 0.15) is 153 Å². The highest BCUT2D eigenvalue weighted by atomic mass is 16.5. The molecule has 0 saturated carbocycles. The van der Waals surface area contributed by atoms with E-state index in [0.717, 1.165) is 25.7 Å². The molecule has 0 fully saturated rings. The number of carboxylic acids is 1. The molecule has 1 rings (SSSR count). The monoisotopic (exact) mass is 775 g/mol. The molecule has 0 saturated heterocycles. The molecule has 14 nitrogen and oxygen atoms in total. The number of carboxylic acid groups (broad SMARTS) is 1. The maximum atomic E-state index is 13.1. The Morgan fingerprint density at radius 3 is 1.91 bits per heavy atom. The maximum Gasteiger partial charge on any atom is 0.373 e. The van der Waals surface area contributed by atoms with E-state index in [-0.39, 0.29) is 61.1 Å². The second kappa shape index (κ2) is 31.5. The number of aromatic carboxylic acids is 1. The van der Waals surface area contributed by atoms with Crippen molar-refractivity contribution < 1.29 is 38.6 Å². The molecule has 55 heavy (non-hydrogen) atoms. The minimum absolute atomic E-state index is 0.0138. The summed E-state index contributed by atoms with van der Waals surface area (Å²) in [6.07, 6.45) is 22.5. The van der Waals surface area contributed by atoms with Crippen LogP contribution in [0.4, 0.5) is 11.4 Å². The largest absolute Gasteiger partial charge is 0.478 e. The van der Waals surface area contributed by atoms with Gasteiger partial charge < -0.3 is 36.0 Å². The molecule has 0 aliphatic rings. The average molecular weight is 775 g/mol. The van der Waals surface area contributed by atoms with Crippen LogP contribution in [0.3, 0.4) is 0 Å². The van der Waals surface area contributed by atoms with Crippen molar-refractivity contribution in [2.75, 3.05) is 38.2 Å². The third-order valence-electron chi connectivity index (χ3n) is 9.43. The second-order valence-corrected chi connectivity index (χ2v) is 14.5. The Balaban J connectivity index is 2.46. The molecule has 10 N–H and O–H groups in total. The Labute approximate surface area is 330 Å². The van der Waals surface area contributed by atoms with Gasteiger partial charge in [-0.2, -0.15) is 0 Å². The Kier molecular flexibility index (Phi) is 28.3. The van der Waals surface area contributed by atoms with E-state index in [9.17, 15) is 29.3 Å². The van der Waals surface area contributed by atoms with Crippen molar-refractivity contribution in [3.63, 3.8) is 0 Å². The van der Waals surface area contributed by atoms with Crippen molar-refractivity contribution >= 4 is 48.1 Å². The van der Waals surface area contributed by atoms with Gasteiger partial charge in [0.2, 0.25) is 17.7 Å². The first-order chi connectivity index (χ1) is 26.5. The van der Waals surface area contributed by atoms with E-state index in [4.69, 9.17) is 16.2 Å². The van der Waals surface area contributed by atoms with Crippen LogP contribution in [0.25, 0.3) is 0 Å². The molecule has 1 aromatic rings. The number of carbonyl (C=O) groups is 4. The second-order valence-electron chi connectivity index (χ2n) is 14.5. The lowest BCUT2D eigenvalue weighted by Gasteiger charge is -2.19. The average Bonchev–Trinajstić information content (AvgIpc) is 3.13. The van der Waals surface area contributed by atoms with E-state index in [0.29, 0.717) is 31.6 Å². The summed E-state index contributed by atoms with van der Waals surface area (Å²) in [6, 6.07) is 3.49. The van der Waals surface area contributed by atoms with Gasteiger partial charge in [0.25, 0.3) is 0 Å². The molecule has 0 aliphatic heterocycles. The van der Waals surface area contributed by atoms with Crippen LogP contribution in [-0.4, -0.2) is 90.3 Å². The summed E-state index contributed by atoms with van der Waals surface area (Å²) in [6.45, 7) is 6.66. The number of rotatable bonds is 34. The van der Waals surface area contributed by atoms with Crippen LogP contribution in [-0.2, 0) is 19.1 Å². The smallest absolute Gasteiger partial charge is 0.373 e. The van der Waals surface area contributed by atoms with Gasteiger partial charge in [0.05, 0.1) is 31.0 Å². The molecule has 15 heteroatoms. The predicted molar refractivity (Wildman–Crippen MR) is 221 cm³/mol. The van der Waals surface area contributed by atoms with Gasteiger partial charge in [0, 0.05) is 19.9 Å². The number of carbonyl (C=O) groups excluding carboxylic acids is 3. The molecule has 0 aromatic heterocycles. The number of ether oxygens (including phenoxy) is 1. The summed E-state index contributed by atoms with van der Waals surface area (Å²) in [4.78, 5) is 49.3. The zero-order chi connectivity index (χ0) is 40.7. The van der Waals surface area contributed by atoms with E-state index in [2.05, 4.69) is 28.1 Å². The lowest BCUT2D eigenvalue weighted by Crippen LogP contribution is -2.47. The number of benzene rings is 1. The van der Waals surface area contributed by atoms with Gasteiger partial charge in [-0.3, -0.25) is 25.9 Å². The number of hydrogen-bond acceptors (Lipinski definition) is 7. The standard InChI is InChI=1S/C40H72BN7O7/c1-4-5-6-7-8-9-10-11-12-13-14-15-16-17-18-20-26-44-38(51)35(22-19-21-27-45-41(3)54)47-37(50)25-29-55-30-28-48(40(42)43)36-31-33(39(52)53)23-24-34(36)46-32(2)49/h23-24,31,35,45,54H,4-22,25-30H2,1-3H3,(H7,42,43,44,46,47,49,50,51,52,53)/p+1/t35-/m0/s1. The summed E-state index contributed by atoms with van der Waals surface area (Å²) < 4.78 is 7.11. The summed E-state index contributed by atoms with van der Waals surface area (Å²) in [5.41, 5.74) is 12.4. The molecule has 0 aliphatic carbocycles. The number of nitrogens with one attached hydrogen (secondary N) is 4. The normalized spacial score (nSPS) is 11.5. The van der Waals surface area contributed by atoms with Crippen LogP contribution in [0, 0.1) is 0 Å². The first kappa shape index (κ1) is 49.3. The Morgan fingerprint density at radius 2 is 1.38 bits per heavy atom. The molecule has 1 aromatic carbocycles. The lowest BCUT2D eigenvalue weighted by molar-refractivity contribution is -0.446. The van der Waals surface area contributed by atoms with Gasteiger partial charge in [0.1, 0.15) is 11.7 Å². The number of nitrogens with zero attached hydrogens (tertiary/aromatic N) is 1. The van der Waals surface area contributed by atoms with Gasteiger partial charge in [-0.1, -0.05) is 103 Å². The van der Waals surface area contributed by atoms with Gasteiger partial charge in [-0.25, -0.2) is 9.37 Å². The summed E-state index contributed by atoms with van der Waals surface area (Å²) in [5, 5.41) is 30.4. The van der Waals surface area contributed by atoms with Crippen molar-refractivity contribution in [1.29, 1.82) is 0 Å². The molecule has 0 bridgehead atoms. The molecule has 0 unspecified atom stereocenters. The minimum Gasteiger partial charge on any atom is -0.478 e. The first-order valence-corrected chi connectivity index (χ1v) is 20.8. The fraction of sp³-hybridized carbons (Fsp3) is 0.725. The van der Waals surface area contributed by atoms with Crippen LogP contribution in [0.2, 0.25) is 6.82 Å². The number of anilines is 1. The minimum atomic E-state index is -1.16. The number of amides is 3. The number of nitrogens with two attached hydrogens (primary N) is 2. The molecule has 0 heterocycles. The van der Waals surface area contributed by atoms with Crippen LogP contribution < -0.4 is 32.6 Å². The van der Waals surface area contributed by atoms with Gasteiger partial charge in [0.15, 0.2) is 0 Å². The predicted octanol–water partition coefficient (Wildman–Crippen LogP) is 5.40. The van der Waals surface area contributed by atoms with E-state index in [1.54, 1.807) is 6.82 Å². The summed E-state index contributed by atoms with van der Waals surface area (Å²) >= 11 is 0. The zero-order valence-electron chi connectivity index (χ0n) is 34.1.